The van der Waals surface area contributed by atoms with Crippen LogP contribution in [0.15, 0.2) is 24.7 Å². The van der Waals surface area contributed by atoms with Gasteiger partial charge in [0.1, 0.15) is 11.5 Å². The zero-order chi connectivity index (χ0) is 14.8. The zero-order valence-corrected chi connectivity index (χ0v) is 12.5. The Balaban J connectivity index is 1.77. The van der Waals surface area contributed by atoms with Crippen LogP contribution in [0.3, 0.4) is 0 Å². The molecule has 1 aliphatic heterocycles. The van der Waals surface area contributed by atoms with Crippen LogP contribution in [-0.2, 0) is 0 Å². The van der Waals surface area contributed by atoms with Gasteiger partial charge in [0.15, 0.2) is 0 Å². The van der Waals surface area contributed by atoms with Crippen LogP contribution in [0, 0.1) is 0 Å². The van der Waals surface area contributed by atoms with Gasteiger partial charge < -0.3 is 9.47 Å². The van der Waals surface area contributed by atoms with Gasteiger partial charge in [-0.2, -0.15) is 5.10 Å². The highest BCUT2D eigenvalue weighted by Gasteiger charge is 2.27. The van der Waals surface area contributed by atoms with Crippen molar-refractivity contribution in [1.82, 2.24) is 24.6 Å². The molecule has 3 rings (SSSR count). The third kappa shape index (κ3) is 2.70. The molecule has 0 bridgehead atoms. The number of amides is 1. The molecule has 1 unspecified atom stereocenters. The number of aromatic nitrogens is 4. The molecule has 0 saturated carbocycles. The molecule has 3 heterocycles. The molecule has 1 fully saturated rings. The number of likely N-dealkylation sites (tertiary alicyclic amines) is 1. The maximum Gasteiger partial charge on any atom is 0.271 e. The molecular weight excluding hydrogens is 266 g/mol. The summed E-state index contributed by atoms with van der Waals surface area (Å²) in [5, 5.41) is 6.61. The Hall–Kier alpha value is -2.11. The highest BCUT2D eigenvalue weighted by molar-refractivity contribution is 5.92. The first-order chi connectivity index (χ1) is 10.2. The van der Waals surface area contributed by atoms with Crippen LogP contribution in [0.25, 0.3) is 0 Å². The van der Waals surface area contributed by atoms with Crippen molar-refractivity contribution in [2.75, 3.05) is 13.1 Å². The Labute approximate surface area is 124 Å². The zero-order valence-electron chi connectivity index (χ0n) is 12.5. The lowest BCUT2D eigenvalue weighted by Gasteiger charge is -2.34. The van der Waals surface area contributed by atoms with Gasteiger partial charge in [0.2, 0.25) is 0 Å². The van der Waals surface area contributed by atoms with Crippen molar-refractivity contribution in [2.45, 2.75) is 38.6 Å². The first-order valence-electron chi connectivity index (χ1n) is 7.48. The van der Waals surface area contributed by atoms with Gasteiger partial charge in [-0.15, -0.1) is 0 Å². The molecule has 0 aromatic carbocycles. The van der Waals surface area contributed by atoms with Gasteiger partial charge in [-0.05, 0) is 18.9 Å². The smallest absolute Gasteiger partial charge is 0.271 e. The van der Waals surface area contributed by atoms with E-state index in [1.807, 2.05) is 17.3 Å². The van der Waals surface area contributed by atoms with E-state index in [1.165, 1.54) is 0 Å². The number of carbonyl (C=O) groups is 1. The minimum absolute atomic E-state index is 0.0309. The number of imidazole rings is 1. The van der Waals surface area contributed by atoms with E-state index in [0.29, 0.717) is 17.7 Å². The standard InChI is InChI=1S/C15H21N5O/c1-11(2)14-16-7-9-20(14)12-4-3-8-19(10-12)15(21)13-5-6-17-18-13/h5-7,9,11-12H,3-4,8,10H2,1-2H3,(H,17,18). The summed E-state index contributed by atoms with van der Waals surface area (Å²) < 4.78 is 2.23. The predicted molar refractivity (Wildman–Crippen MR) is 79.1 cm³/mol. The van der Waals surface area contributed by atoms with E-state index in [-0.39, 0.29) is 5.91 Å². The Morgan fingerprint density at radius 3 is 3.00 bits per heavy atom. The van der Waals surface area contributed by atoms with E-state index in [2.05, 4.69) is 33.6 Å². The largest absolute Gasteiger partial charge is 0.335 e. The molecule has 0 spiro atoms. The average molecular weight is 287 g/mol. The normalized spacial score (nSPS) is 19.2. The Morgan fingerprint density at radius 2 is 2.29 bits per heavy atom. The van der Waals surface area contributed by atoms with Gasteiger partial charge in [-0.3, -0.25) is 9.89 Å². The lowest BCUT2D eigenvalue weighted by atomic mass is 10.0. The van der Waals surface area contributed by atoms with Gasteiger partial charge in [-0.25, -0.2) is 4.98 Å². The van der Waals surface area contributed by atoms with E-state index in [0.717, 1.165) is 31.8 Å². The number of carbonyl (C=O) groups excluding carboxylic acids is 1. The molecule has 112 valence electrons. The summed E-state index contributed by atoms with van der Waals surface area (Å²) in [6, 6.07) is 2.04. The van der Waals surface area contributed by atoms with Crippen LogP contribution >= 0.6 is 0 Å². The SMILES string of the molecule is CC(C)c1nccn1C1CCCN(C(=O)c2ccn[nH]2)C1. The predicted octanol–water partition coefficient (Wildman–Crippen LogP) is 2.21. The van der Waals surface area contributed by atoms with Crippen LogP contribution in [0.2, 0.25) is 0 Å². The van der Waals surface area contributed by atoms with Gasteiger partial charge >= 0.3 is 0 Å². The molecule has 21 heavy (non-hydrogen) atoms. The fraction of sp³-hybridized carbons (Fsp3) is 0.533. The molecular formula is C15H21N5O. The Kier molecular flexibility index (Phi) is 3.77. The molecule has 1 aliphatic rings. The first-order valence-corrected chi connectivity index (χ1v) is 7.48. The number of nitrogens with zero attached hydrogens (tertiary/aromatic N) is 4. The quantitative estimate of drug-likeness (QED) is 0.941. The lowest BCUT2D eigenvalue weighted by Crippen LogP contribution is -2.41. The van der Waals surface area contributed by atoms with Gasteiger partial charge in [-0.1, -0.05) is 13.8 Å². The van der Waals surface area contributed by atoms with Crippen molar-refractivity contribution in [1.29, 1.82) is 0 Å². The number of rotatable bonds is 3. The van der Waals surface area contributed by atoms with Gasteiger partial charge in [0, 0.05) is 37.6 Å². The molecule has 6 nitrogen and oxygen atoms in total. The number of nitrogens with one attached hydrogen (secondary N) is 1. The van der Waals surface area contributed by atoms with Crippen molar-refractivity contribution in [3.63, 3.8) is 0 Å². The molecule has 1 amide bonds. The Bertz CT molecular complexity index is 601. The number of piperidine rings is 1. The van der Waals surface area contributed by atoms with Crippen LogP contribution in [0.5, 0.6) is 0 Å². The van der Waals surface area contributed by atoms with Crippen molar-refractivity contribution < 1.29 is 4.79 Å². The lowest BCUT2D eigenvalue weighted by molar-refractivity contribution is 0.0671. The van der Waals surface area contributed by atoms with Gasteiger partial charge in [0.25, 0.3) is 5.91 Å². The van der Waals surface area contributed by atoms with E-state index < -0.39 is 0 Å². The number of aromatic amines is 1. The van der Waals surface area contributed by atoms with E-state index >= 15 is 0 Å². The van der Waals surface area contributed by atoms with E-state index in [1.54, 1.807) is 12.3 Å². The van der Waals surface area contributed by atoms with E-state index in [9.17, 15) is 4.79 Å². The first kappa shape index (κ1) is 13.9. The Morgan fingerprint density at radius 1 is 1.43 bits per heavy atom. The molecule has 0 radical (unpaired) electrons. The van der Waals surface area contributed by atoms with Crippen LogP contribution in [-0.4, -0.2) is 43.6 Å². The van der Waals surface area contributed by atoms with Crippen molar-refractivity contribution >= 4 is 5.91 Å². The summed E-state index contributed by atoms with van der Waals surface area (Å²) in [5.41, 5.74) is 0.561. The molecule has 1 N–H and O–H groups in total. The van der Waals surface area contributed by atoms with Crippen molar-refractivity contribution in [2.24, 2.45) is 0 Å². The maximum absolute atomic E-state index is 12.4. The summed E-state index contributed by atoms with van der Waals surface area (Å²) in [7, 11) is 0. The second kappa shape index (κ2) is 5.71. The van der Waals surface area contributed by atoms with Crippen LogP contribution in [0.4, 0.5) is 0 Å². The van der Waals surface area contributed by atoms with Gasteiger partial charge in [0.05, 0.1) is 6.04 Å². The topological polar surface area (TPSA) is 66.8 Å². The summed E-state index contributed by atoms with van der Waals surface area (Å²) in [6.07, 6.45) is 7.60. The monoisotopic (exact) mass is 287 g/mol. The fourth-order valence-electron chi connectivity index (χ4n) is 2.99. The number of hydrogen-bond donors (Lipinski definition) is 1. The van der Waals surface area contributed by atoms with Crippen LogP contribution in [0.1, 0.15) is 55.0 Å². The molecule has 1 saturated heterocycles. The minimum atomic E-state index is 0.0309. The number of hydrogen-bond acceptors (Lipinski definition) is 3. The molecule has 0 aliphatic carbocycles. The average Bonchev–Trinajstić information content (AvgIpc) is 3.17. The highest BCUT2D eigenvalue weighted by Crippen LogP contribution is 2.26. The molecule has 1 atom stereocenters. The highest BCUT2D eigenvalue weighted by atomic mass is 16.2. The molecule has 6 heteroatoms. The van der Waals surface area contributed by atoms with Crippen molar-refractivity contribution in [3.8, 4) is 0 Å². The summed E-state index contributed by atoms with van der Waals surface area (Å²) in [6.45, 7) is 5.83. The minimum Gasteiger partial charge on any atom is -0.335 e. The summed E-state index contributed by atoms with van der Waals surface area (Å²) >= 11 is 0. The van der Waals surface area contributed by atoms with Crippen LogP contribution < -0.4 is 0 Å². The number of H-pyrrole nitrogens is 1. The third-order valence-corrected chi connectivity index (χ3v) is 4.02. The third-order valence-electron chi connectivity index (χ3n) is 4.02. The van der Waals surface area contributed by atoms with Crippen molar-refractivity contribution in [3.05, 3.63) is 36.2 Å². The molecule has 2 aromatic rings. The second-order valence-electron chi connectivity index (χ2n) is 5.86. The maximum atomic E-state index is 12.4. The molecule has 2 aromatic heterocycles. The van der Waals surface area contributed by atoms with E-state index in [4.69, 9.17) is 0 Å². The summed E-state index contributed by atoms with van der Waals surface area (Å²) in [5.74, 6) is 1.51. The fourth-order valence-corrected chi connectivity index (χ4v) is 2.99. The summed E-state index contributed by atoms with van der Waals surface area (Å²) in [4.78, 5) is 18.8. The second-order valence-corrected chi connectivity index (χ2v) is 5.86.